The number of carbonyl (C=O) groups excluding carboxylic acids is 1. The molecule has 2 saturated heterocycles. The monoisotopic (exact) mass is 536 g/mol. The largest absolute Gasteiger partial charge is 0.497 e. The van der Waals surface area contributed by atoms with E-state index >= 15 is 0 Å². The minimum atomic E-state index is -0.272. The molecule has 0 aliphatic carbocycles. The van der Waals surface area contributed by atoms with Gasteiger partial charge in [0, 0.05) is 31.7 Å². The van der Waals surface area contributed by atoms with Gasteiger partial charge >= 0.3 is 0 Å². The van der Waals surface area contributed by atoms with Crippen molar-refractivity contribution in [2.75, 3.05) is 31.6 Å². The number of ether oxygens (including phenoxy) is 1. The van der Waals surface area contributed by atoms with E-state index in [0.717, 1.165) is 61.5 Å². The highest BCUT2D eigenvalue weighted by Crippen LogP contribution is 2.36. The van der Waals surface area contributed by atoms with E-state index in [9.17, 15) is 14.9 Å². The van der Waals surface area contributed by atoms with E-state index in [1.54, 1.807) is 23.5 Å². The molecule has 0 spiro atoms. The van der Waals surface area contributed by atoms with Gasteiger partial charge in [0.1, 0.15) is 27.5 Å². The Morgan fingerprint density at radius 3 is 2.41 bits per heavy atom. The van der Waals surface area contributed by atoms with E-state index in [4.69, 9.17) is 17.0 Å². The number of amides is 1. The number of thiocarbonyl (C=S) groups is 1. The van der Waals surface area contributed by atoms with E-state index in [1.165, 1.54) is 11.8 Å². The number of anilines is 1. The van der Waals surface area contributed by atoms with Crippen molar-refractivity contribution in [1.82, 2.24) is 9.47 Å². The second kappa shape index (κ2) is 12.0. The number of aromatic nitrogens is 1. The van der Waals surface area contributed by atoms with E-state index in [0.29, 0.717) is 34.3 Å². The quantitative estimate of drug-likeness (QED) is 0.369. The first-order chi connectivity index (χ1) is 17.9. The van der Waals surface area contributed by atoms with Crippen LogP contribution in [0.5, 0.6) is 5.75 Å². The molecule has 1 aromatic carbocycles. The van der Waals surface area contributed by atoms with Gasteiger partial charge in [-0.2, -0.15) is 5.26 Å². The SMILES string of the molecule is CCn1c(N2CCCCCC2)c(C=C2SC(=S)N(CCc3ccc(OC)cc3)C2=O)c(C)c(C#N)c1=O. The average Bonchev–Trinajstić information content (AvgIpc) is 3.07. The summed E-state index contributed by atoms with van der Waals surface area (Å²) in [4.78, 5) is 31.1. The molecular formula is C28H32N4O3S2. The van der Waals surface area contributed by atoms with Crippen molar-refractivity contribution >= 4 is 46.1 Å². The lowest BCUT2D eigenvalue weighted by Gasteiger charge is -2.29. The molecule has 2 aliphatic rings. The van der Waals surface area contributed by atoms with Crippen LogP contribution < -0.4 is 15.2 Å². The molecule has 2 aliphatic heterocycles. The van der Waals surface area contributed by atoms with Crippen LogP contribution in [0.2, 0.25) is 0 Å². The molecule has 0 unspecified atom stereocenters. The van der Waals surface area contributed by atoms with Crippen LogP contribution in [-0.4, -0.2) is 46.4 Å². The minimum Gasteiger partial charge on any atom is -0.497 e. The maximum atomic E-state index is 13.5. The van der Waals surface area contributed by atoms with E-state index in [-0.39, 0.29) is 17.0 Å². The minimum absolute atomic E-state index is 0.127. The lowest BCUT2D eigenvalue weighted by molar-refractivity contribution is -0.122. The molecule has 7 nitrogen and oxygen atoms in total. The number of rotatable bonds is 7. The molecule has 3 heterocycles. The zero-order chi connectivity index (χ0) is 26.5. The summed E-state index contributed by atoms with van der Waals surface area (Å²) in [6.07, 6.45) is 6.91. The van der Waals surface area contributed by atoms with Crippen molar-refractivity contribution in [3.05, 3.63) is 61.8 Å². The number of thioether (sulfide) groups is 1. The van der Waals surface area contributed by atoms with Crippen LogP contribution in [0.15, 0.2) is 34.0 Å². The van der Waals surface area contributed by atoms with Gasteiger partial charge in [0.25, 0.3) is 11.5 Å². The Morgan fingerprint density at radius 1 is 1.14 bits per heavy atom. The van der Waals surface area contributed by atoms with Gasteiger partial charge in [0.15, 0.2) is 0 Å². The Morgan fingerprint density at radius 2 is 1.81 bits per heavy atom. The van der Waals surface area contributed by atoms with Crippen molar-refractivity contribution in [1.29, 1.82) is 5.26 Å². The first-order valence-electron chi connectivity index (χ1n) is 12.7. The molecule has 1 aromatic heterocycles. The van der Waals surface area contributed by atoms with E-state index < -0.39 is 0 Å². The third-order valence-corrected chi connectivity index (χ3v) is 8.38. The van der Waals surface area contributed by atoms with Crippen molar-refractivity contribution in [2.24, 2.45) is 0 Å². The Bertz CT molecular complexity index is 1320. The third-order valence-electron chi connectivity index (χ3n) is 7.00. The van der Waals surface area contributed by atoms with E-state index in [2.05, 4.69) is 11.0 Å². The van der Waals surface area contributed by atoms with Crippen molar-refractivity contribution in [3.63, 3.8) is 0 Å². The average molecular weight is 537 g/mol. The molecule has 1 amide bonds. The first kappa shape index (κ1) is 27.0. The topological polar surface area (TPSA) is 78.6 Å². The summed E-state index contributed by atoms with van der Waals surface area (Å²) in [5.41, 5.74) is 2.31. The first-order valence-corrected chi connectivity index (χ1v) is 13.9. The normalized spacial score (nSPS) is 17.3. The van der Waals surface area contributed by atoms with Gasteiger partial charge in [-0.05, 0) is 62.4 Å². The predicted molar refractivity (Wildman–Crippen MR) is 153 cm³/mol. The molecule has 37 heavy (non-hydrogen) atoms. The number of carbonyl (C=O) groups is 1. The van der Waals surface area contributed by atoms with Gasteiger partial charge in [0.2, 0.25) is 0 Å². The van der Waals surface area contributed by atoms with Crippen LogP contribution in [0.4, 0.5) is 5.82 Å². The molecule has 2 fully saturated rings. The lowest BCUT2D eigenvalue weighted by atomic mass is 10.0. The fourth-order valence-corrected chi connectivity index (χ4v) is 6.21. The number of hydrogen-bond donors (Lipinski definition) is 0. The van der Waals surface area contributed by atoms with Gasteiger partial charge in [0.05, 0.1) is 12.0 Å². The summed E-state index contributed by atoms with van der Waals surface area (Å²) >= 11 is 6.86. The summed E-state index contributed by atoms with van der Waals surface area (Å²) in [5.74, 6) is 1.45. The van der Waals surface area contributed by atoms with Crippen molar-refractivity contribution in [2.45, 2.75) is 52.5 Å². The van der Waals surface area contributed by atoms with Crippen molar-refractivity contribution in [3.8, 4) is 11.8 Å². The van der Waals surface area contributed by atoms with E-state index in [1.807, 2.05) is 37.3 Å². The molecular weight excluding hydrogens is 504 g/mol. The van der Waals surface area contributed by atoms with Crippen LogP contribution in [0.3, 0.4) is 0 Å². The molecule has 0 saturated carbocycles. The zero-order valence-electron chi connectivity index (χ0n) is 21.6. The summed E-state index contributed by atoms with van der Waals surface area (Å²) in [7, 11) is 1.63. The molecule has 0 atom stereocenters. The second-order valence-corrected chi connectivity index (χ2v) is 10.9. The number of nitrogens with zero attached hydrogens (tertiary/aromatic N) is 4. The Hall–Kier alpha value is -3.09. The Labute approximate surface area is 227 Å². The van der Waals surface area contributed by atoms with Crippen LogP contribution in [0.25, 0.3) is 6.08 Å². The van der Waals surface area contributed by atoms with Crippen LogP contribution in [0, 0.1) is 18.3 Å². The fourth-order valence-electron chi connectivity index (χ4n) is 4.92. The summed E-state index contributed by atoms with van der Waals surface area (Å²) < 4.78 is 7.43. The lowest BCUT2D eigenvalue weighted by Crippen LogP contribution is -2.35. The van der Waals surface area contributed by atoms with Crippen LogP contribution in [-0.2, 0) is 17.8 Å². The van der Waals surface area contributed by atoms with Gasteiger partial charge in [-0.15, -0.1) is 0 Å². The highest BCUT2D eigenvalue weighted by molar-refractivity contribution is 8.26. The van der Waals surface area contributed by atoms with Gasteiger partial charge in [-0.1, -0.05) is 49.0 Å². The maximum absolute atomic E-state index is 13.5. The maximum Gasteiger partial charge on any atom is 0.270 e. The molecule has 0 radical (unpaired) electrons. The number of benzene rings is 1. The number of pyridine rings is 1. The van der Waals surface area contributed by atoms with Crippen LogP contribution in [0.1, 0.15) is 54.9 Å². The number of nitriles is 1. The molecule has 2 aromatic rings. The van der Waals surface area contributed by atoms with Crippen LogP contribution >= 0.6 is 24.0 Å². The molecule has 0 N–H and O–H groups in total. The third kappa shape index (κ3) is 5.60. The van der Waals surface area contributed by atoms with Gasteiger partial charge in [-0.3, -0.25) is 19.1 Å². The summed E-state index contributed by atoms with van der Waals surface area (Å²) in [6, 6.07) is 9.89. The Kier molecular flexibility index (Phi) is 8.72. The number of hydrogen-bond acceptors (Lipinski definition) is 7. The highest BCUT2D eigenvalue weighted by Gasteiger charge is 2.33. The van der Waals surface area contributed by atoms with Crippen molar-refractivity contribution < 1.29 is 9.53 Å². The Balaban J connectivity index is 1.70. The standard InChI is InChI=1S/C28H32N4O3S2/c1-4-31-25(30-14-7-5-6-8-15-30)22(19(2)23(18-29)26(31)33)17-24-27(34)32(28(36)37-24)16-13-20-9-11-21(35-3)12-10-20/h9-12,17H,4-8,13-16H2,1-3H3. The second-order valence-electron chi connectivity index (χ2n) is 9.23. The fraction of sp³-hybridized carbons (Fsp3) is 0.429. The summed E-state index contributed by atoms with van der Waals surface area (Å²) in [6.45, 7) is 6.33. The number of methoxy groups -OCH3 is 1. The highest BCUT2D eigenvalue weighted by atomic mass is 32.2. The predicted octanol–water partition coefficient (Wildman–Crippen LogP) is 4.88. The molecule has 0 bridgehead atoms. The zero-order valence-corrected chi connectivity index (χ0v) is 23.2. The van der Waals surface area contributed by atoms with Gasteiger partial charge < -0.3 is 9.64 Å². The molecule has 4 rings (SSSR count). The smallest absolute Gasteiger partial charge is 0.270 e. The summed E-state index contributed by atoms with van der Waals surface area (Å²) in [5, 5.41) is 9.79. The van der Waals surface area contributed by atoms with Gasteiger partial charge in [-0.25, -0.2) is 0 Å². The molecule has 9 heteroatoms. The molecule has 194 valence electrons.